The van der Waals surface area contributed by atoms with Crippen LogP contribution in [-0.4, -0.2) is 56.2 Å². The van der Waals surface area contributed by atoms with Gasteiger partial charge in [-0.2, -0.15) is 0 Å². The summed E-state index contributed by atoms with van der Waals surface area (Å²) < 4.78 is 11.3. The van der Waals surface area contributed by atoms with Gasteiger partial charge in [-0.05, 0) is 89.5 Å². The number of nitrogens with zero attached hydrogens (tertiary/aromatic N) is 4. The van der Waals surface area contributed by atoms with Crippen LogP contribution in [0.3, 0.4) is 0 Å². The number of ether oxygens (including phenoxy) is 2. The van der Waals surface area contributed by atoms with E-state index in [0.29, 0.717) is 13.1 Å². The van der Waals surface area contributed by atoms with Crippen LogP contribution in [0.25, 0.3) is 32.0 Å². The largest absolute Gasteiger partial charge is 0.444 e. The van der Waals surface area contributed by atoms with Crippen molar-refractivity contribution in [2.45, 2.75) is 90.5 Å². The first-order valence-electron chi connectivity index (χ1n) is 16.0. The molecule has 0 radical (unpaired) electrons. The predicted molar refractivity (Wildman–Crippen MR) is 184 cm³/mol. The zero-order chi connectivity index (χ0) is 32.6. The molecule has 2 aromatic carbocycles. The van der Waals surface area contributed by atoms with Gasteiger partial charge in [-0.3, -0.25) is 9.80 Å². The lowest BCUT2D eigenvalue weighted by atomic mass is 10.0. The Labute approximate surface area is 279 Å². The smallest absolute Gasteiger partial charge is 0.410 e. The molecular formula is C36H42N4O4S2. The number of rotatable bonds is 5. The van der Waals surface area contributed by atoms with Crippen molar-refractivity contribution in [1.29, 1.82) is 0 Å². The van der Waals surface area contributed by atoms with E-state index in [2.05, 4.69) is 48.5 Å². The molecule has 4 aromatic rings. The summed E-state index contributed by atoms with van der Waals surface area (Å²) in [7, 11) is 0. The summed E-state index contributed by atoms with van der Waals surface area (Å²) in [4.78, 5) is 40.8. The average molecular weight is 659 g/mol. The fourth-order valence-electron chi connectivity index (χ4n) is 5.93. The average Bonchev–Trinajstić information content (AvgIpc) is 3.82. The third kappa shape index (κ3) is 7.28. The molecule has 0 saturated carbocycles. The molecular weight excluding hydrogens is 617 g/mol. The molecule has 0 unspecified atom stereocenters. The van der Waals surface area contributed by atoms with E-state index in [1.165, 1.54) is 0 Å². The van der Waals surface area contributed by atoms with Crippen LogP contribution in [0.1, 0.15) is 89.3 Å². The van der Waals surface area contributed by atoms with E-state index < -0.39 is 11.2 Å². The Morgan fingerprint density at radius 1 is 0.630 bits per heavy atom. The molecule has 8 nitrogen and oxygen atoms in total. The van der Waals surface area contributed by atoms with Crippen LogP contribution in [-0.2, 0) is 9.47 Å². The van der Waals surface area contributed by atoms with Gasteiger partial charge >= 0.3 is 12.2 Å². The fourth-order valence-corrected chi connectivity index (χ4v) is 8.07. The quantitative estimate of drug-likeness (QED) is 0.212. The number of carbonyl (C=O) groups is 2. The first-order chi connectivity index (χ1) is 21.8. The predicted octanol–water partition coefficient (Wildman–Crippen LogP) is 9.74. The Morgan fingerprint density at radius 3 is 1.33 bits per heavy atom. The van der Waals surface area contributed by atoms with Crippen LogP contribution in [0.5, 0.6) is 0 Å². The Bertz CT molecular complexity index is 1560. The summed E-state index contributed by atoms with van der Waals surface area (Å²) in [6, 6.07) is 17.0. The van der Waals surface area contributed by atoms with E-state index in [4.69, 9.17) is 19.4 Å². The van der Waals surface area contributed by atoms with Crippen LogP contribution >= 0.6 is 22.7 Å². The second-order valence-electron chi connectivity index (χ2n) is 13.9. The van der Waals surface area contributed by atoms with E-state index in [1.54, 1.807) is 22.7 Å². The third-order valence-corrected chi connectivity index (χ3v) is 10.3. The molecule has 2 aliphatic rings. The fraction of sp³-hybridized carbons (Fsp3) is 0.444. The second-order valence-corrected chi connectivity index (χ2v) is 16.1. The minimum atomic E-state index is -0.521. The van der Waals surface area contributed by atoms with Crippen LogP contribution in [0, 0.1) is 0 Å². The summed E-state index contributed by atoms with van der Waals surface area (Å²) in [6.07, 6.45) is 6.99. The molecule has 242 valence electrons. The number of hydrogen-bond acceptors (Lipinski definition) is 8. The Balaban J connectivity index is 1.11. The molecule has 46 heavy (non-hydrogen) atoms. The highest BCUT2D eigenvalue weighted by Gasteiger charge is 2.36. The van der Waals surface area contributed by atoms with Gasteiger partial charge in [0.2, 0.25) is 0 Å². The van der Waals surface area contributed by atoms with Crippen molar-refractivity contribution in [3.8, 4) is 32.0 Å². The van der Waals surface area contributed by atoms with Gasteiger partial charge < -0.3 is 9.47 Å². The first-order valence-corrected chi connectivity index (χ1v) is 17.6. The van der Waals surface area contributed by atoms with Crippen molar-refractivity contribution in [2.75, 3.05) is 13.1 Å². The Hall–Kier alpha value is -3.76. The summed E-state index contributed by atoms with van der Waals surface area (Å²) in [6.45, 7) is 12.8. The summed E-state index contributed by atoms with van der Waals surface area (Å²) in [5.74, 6) is 0. The lowest BCUT2D eigenvalue weighted by molar-refractivity contribution is 0.0213. The minimum Gasteiger partial charge on any atom is -0.444 e. The molecule has 0 aliphatic carbocycles. The van der Waals surface area contributed by atoms with Crippen molar-refractivity contribution in [3.05, 3.63) is 70.9 Å². The van der Waals surface area contributed by atoms with Gasteiger partial charge in [0.05, 0.1) is 21.8 Å². The topological polar surface area (TPSA) is 84.9 Å². The number of carbonyl (C=O) groups excluding carboxylic acids is 2. The molecule has 6 rings (SSSR count). The monoisotopic (exact) mass is 658 g/mol. The van der Waals surface area contributed by atoms with Crippen molar-refractivity contribution < 1.29 is 19.1 Å². The van der Waals surface area contributed by atoms with E-state index in [-0.39, 0.29) is 24.3 Å². The summed E-state index contributed by atoms with van der Waals surface area (Å²) in [5.41, 5.74) is 3.44. The number of likely N-dealkylation sites (tertiary alicyclic amines) is 2. The molecule has 0 spiro atoms. The minimum absolute atomic E-state index is 0.0388. The van der Waals surface area contributed by atoms with E-state index in [9.17, 15) is 9.59 Å². The maximum absolute atomic E-state index is 12.8. The number of benzene rings is 2. The van der Waals surface area contributed by atoms with Gasteiger partial charge in [0.1, 0.15) is 21.2 Å². The molecule has 2 saturated heterocycles. The van der Waals surface area contributed by atoms with Crippen molar-refractivity contribution in [1.82, 2.24) is 19.8 Å². The summed E-state index contributed by atoms with van der Waals surface area (Å²) in [5, 5.41) is 1.91. The van der Waals surface area contributed by atoms with Crippen molar-refractivity contribution in [3.63, 3.8) is 0 Å². The van der Waals surface area contributed by atoms with Crippen molar-refractivity contribution in [2.24, 2.45) is 0 Å². The number of aromatic nitrogens is 2. The molecule has 0 N–H and O–H groups in total. The molecule has 2 aliphatic heterocycles. The normalized spacial score (nSPS) is 18.7. The van der Waals surface area contributed by atoms with Crippen LogP contribution in [0.4, 0.5) is 9.59 Å². The van der Waals surface area contributed by atoms with Crippen LogP contribution in [0.2, 0.25) is 0 Å². The molecule has 4 heterocycles. The standard InChI is InChI=1S/C36H42N4O4S2/c1-35(2,3)43-33(41)39-19-7-9-27(39)31-37-21-29(45-31)25-15-11-23(12-16-25)24-13-17-26(18-14-24)30-22-38-32(46-30)28-10-8-20-40(28)34(42)44-36(4,5)6/h11-18,21-22,27-28H,7-10,19-20H2,1-6H3/t27-,28+. The van der Waals surface area contributed by atoms with Gasteiger partial charge in [0, 0.05) is 25.5 Å². The highest BCUT2D eigenvalue weighted by molar-refractivity contribution is 7.15. The zero-order valence-corrected chi connectivity index (χ0v) is 29.0. The van der Waals surface area contributed by atoms with Crippen molar-refractivity contribution >= 4 is 34.9 Å². The van der Waals surface area contributed by atoms with Gasteiger partial charge in [0.25, 0.3) is 0 Å². The maximum atomic E-state index is 12.8. The van der Waals surface area contributed by atoms with Crippen LogP contribution < -0.4 is 0 Å². The maximum Gasteiger partial charge on any atom is 0.410 e. The number of thiazole rings is 2. The van der Waals surface area contributed by atoms with Gasteiger partial charge in [-0.15, -0.1) is 22.7 Å². The van der Waals surface area contributed by atoms with Gasteiger partial charge in [-0.1, -0.05) is 48.5 Å². The highest BCUT2D eigenvalue weighted by atomic mass is 32.1. The zero-order valence-electron chi connectivity index (χ0n) is 27.4. The first kappa shape index (κ1) is 32.2. The third-order valence-electron chi connectivity index (χ3n) is 8.05. The van der Waals surface area contributed by atoms with Crippen LogP contribution in [0.15, 0.2) is 60.9 Å². The number of hydrogen-bond donors (Lipinski definition) is 0. The van der Waals surface area contributed by atoms with E-state index in [1.807, 2.05) is 63.7 Å². The molecule has 10 heteroatoms. The summed E-state index contributed by atoms with van der Waals surface area (Å²) >= 11 is 3.29. The Kier molecular flexibility index (Phi) is 8.95. The highest BCUT2D eigenvalue weighted by Crippen LogP contribution is 2.40. The Morgan fingerprint density at radius 2 is 0.978 bits per heavy atom. The van der Waals surface area contributed by atoms with E-state index >= 15 is 0 Å². The van der Waals surface area contributed by atoms with E-state index in [0.717, 1.165) is 67.7 Å². The van der Waals surface area contributed by atoms with Gasteiger partial charge in [-0.25, -0.2) is 19.6 Å². The van der Waals surface area contributed by atoms with Gasteiger partial charge in [0.15, 0.2) is 0 Å². The lowest BCUT2D eigenvalue weighted by Gasteiger charge is -2.27. The second kappa shape index (κ2) is 12.8. The molecule has 2 fully saturated rings. The SMILES string of the molecule is CC(C)(C)OC(=O)N1CCC[C@@H]1c1ncc(-c2ccc(-c3ccc(-c4cnc([C@@H]5CCCN5C(=O)OC(C)(C)C)s4)cc3)cc2)s1. The molecule has 2 amide bonds. The molecule has 2 atom stereocenters. The molecule has 0 bridgehead atoms. The number of amides is 2. The molecule has 2 aromatic heterocycles. The lowest BCUT2D eigenvalue weighted by Crippen LogP contribution is -2.36.